The van der Waals surface area contributed by atoms with E-state index in [9.17, 15) is 4.79 Å². The summed E-state index contributed by atoms with van der Waals surface area (Å²) in [7, 11) is 1.64. The molecule has 0 aliphatic heterocycles. The maximum absolute atomic E-state index is 12.5. The summed E-state index contributed by atoms with van der Waals surface area (Å²) in [6, 6.07) is 11.2. The normalized spacial score (nSPS) is 10.5. The number of aryl methyl sites for hydroxylation is 1. The molecule has 0 spiro atoms. The highest BCUT2D eigenvalue weighted by molar-refractivity contribution is 5.63. The average Bonchev–Trinajstić information content (AvgIpc) is 2.48. The van der Waals surface area contributed by atoms with Gasteiger partial charge in [-0.3, -0.25) is 4.79 Å². The number of rotatable bonds is 4. The molecular formula is C18H20N2O2. The van der Waals surface area contributed by atoms with E-state index >= 15 is 0 Å². The number of nitriles is 1. The summed E-state index contributed by atoms with van der Waals surface area (Å²) in [5.41, 5.74) is 2.72. The second-order valence-electron chi connectivity index (χ2n) is 5.74. The largest absolute Gasteiger partial charge is 0.496 e. The van der Waals surface area contributed by atoms with Gasteiger partial charge < -0.3 is 9.30 Å². The van der Waals surface area contributed by atoms with Gasteiger partial charge in [0.25, 0.3) is 5.56 Å². The molecule has 114 valence electrons. The van der Waals surface area contributed by atoms with Crippen LogP contribution in [0.5, 0.6) is 5.75 Å². The van der Waals surface area contributed by atoms with Gasteiger partial charge >= 0.3 is 0 Å². The minimum atomic E-state index is -0.234. The van der Waals surface area contributed by atoms with Crippen molar-refractivity contribution in [1.82, 2.24) is 4.57 Å². The van der Waals surface area contributed by atoms with Gasteiger partial charge in [0.15, 0.2) is 0 Å². The van der Waals surface area contributed by atoms with Gasteiger partial charge in [-0.2, -0.15) is 5.26 Å². The molecule has 2 aromatic rings. The van der Waals surface area contributed by atoms with Crippen LogP contribution in [-0.2, 0) is 6.54 Å². The number of benzene rings is 1. The predicted molar refractivity (Wildman–Crippen MR) is 87.0 cm³/mol. The van der Waals surface area contributed by atoms with Crippen LogP contribution in [0, 0.1) is 24.2 Å². The summed E-state index contributed by atoms with van der Waals surface area (Å²) < 4.78 is 6.96. The summed E-state index contributed by atoms with van der Waals surface area (Å²) in [6.45, 7) is 6.65. The molecule has 0 aliphatic carbocycles. The van der Waals surface area contributed by atoms with Crippen LogP contribution in [0.3, 0.4) is 0 Å². The molecule has 4 heteroatoms. The Balaban J connectivity index is 2.64. The summed E-state index contributed by atoms with van der Waals surface area (Å²) in [6.07, 6.45) is 0. The van der Waals surface area contributed by atoms with Gasteiger partial charge in [0.2, 0.25) is 0 Å². The summed E-state index contributed by atoms with van der Waals surface area (Å²) in [5.74, 6) is 1.12. The quantitative estimate of drug-likeness (QED) is 0.869. The Morgan fingerprint density at radius 2 is 2.00 bits per heavy atom. The molecular weight excluding hydrogens is 276 g/mol. The number of methoxy groups -OCH3 is 1. The van der Waals surface area contributed by atoms with Gasteiger partial charge in [0, 0.05) is 6.54 Å². The van der Waals surface area contributed by atoms with Crippen molar-refractivity contribution in [2.75, 3.05) is 7.11 Å². The molecule has 22 heavy (non-hydrogen) atoms. The number of ether oxygens (including phenoxy) is 1. The van der Waals surface area contributed by atoms with Gasteiger partial charge in [-0.25, -0.2) is 0 Å². The summed E-state index contributed by atoms with van der Waals surface area (Å²) in [5, 5.41) is 9.07. The van der Waals surface area contributed by atoms with E-state index in [4.69, 9.17) is 10.00 Å². The molecule has 0 fully saturated rings. The lowest BCUT2D eigenvalue weighted by atomic mass is 10.1. The fourth-order valence-corrected chi connectivity index (χ4v) is 2.50. The van der Waals surface area contributed by atoms with E-state index in [0.717, 1.165) is 22.6 Å². The zero-order valence-electron chi connectivity index (χ0n) is 13.4. The number of nitrogens with zero attached hydrogens (tertiary/aromatic N) is 2. The lowest BCUT2D eigenvalue weighted by Gasteiger charge is -2.16. The molecule has 2 rings (SSSR count). The first-order valence-corrected chi connectivity index (χ1v) is 7.27. The SMILES string of the molecule is COc1ccc(-c2ccc(C#N)c(=O)n2CC(C)C)cc1C. The van der Waals surface area contributed by atoms with E-state index in [1.54, 1.807) is 17.7 Å². The third-order valence-corrected chi connectivity index (χ3v) is 3.53. The Bertz CT molecular complexity index is 783. The third kappa shape index (κ3) is 3.04. The molecule has 0 atom stereocenters. The molecule has 0 N–H and O–H groups in total. The summed E-state index contributed by atoms with van der Waals surface area (Å²) in [4.78, 5) is 12.5. The average molecular weight is 296 g/mol. The number of pyridine rings is 1. The minimum absolute atomic E-state index is 0.176. The molecule has 0 bridgehead atoms. The second kappa shape index (κ2) is 6.48. The molecule has 0 unspecified atom stereocenters. The van der Waals surface area contributed by atoms with Crippen LogP contribution in [0.2, 0.25) is 0 Å². The van der Waals surface area contributed by atoms with E-state index < -0.39 is 0 Å². The Labute approximate surface area is 130 Å². The van der Waals surface area contributed by atoms with Crippen molar-refractivity contribution in [2.24, 2.45) is 5.92 Å². The molecule has 1 aromatic carbocycles. The first-order chi connectivity index (χ1) is 10.5. The smallest absolute Gasteiger partial charge is 0.268 e. The van der Waals surface area contributed by atoms with Crippen molar-refractivity contribution in [3.05, 3.63) is 51.8 Å². The first-order valence-electron chi connectivity index (χ1n) is 7.27. The number of aromatic nitrogens is 1. The molecule has 0 amide bonds. The van der Waals surface area contributed by atoms with Crippen LogP contribution in [0.15, 0.2) is 35.1 Å². The van der Waals surface area contributed by atoms with Crippen LogP contribution in [0.1, 0.15) is 25.0 Å². The Morgan fingerprint density at radius 1 is 1.27 bits per heavy atom. The molecule has 0 radical (unpaired) electrons. The van der Waals surface area contributed by atoms with Crippen LogP contribution in [-0.4, -0.2) is 11.7 Å². The highest BCUT2D eigenvalue weighted by Gasteiger charge is 2.12. The van der Waals surface area contributed by atoms with E-state index in [0.29, 0.717) is 12.5 Å². The molecule has 4 nitrogen and oxygen atoms in total. The van der Waals surface area contributed by atoms with Crippen molar-refractivity contribution in [2.45, 2.75) is 27.3 Å². The fourth-order valence-electron chi connectivity index (χ4n) is 2.50. The van der Waals surface area contributed by atoms with Crippen molar-refractivity contribution in [3.63, 3.8) is 0 Å². The van der Waals surface area contributed by atoms with Crippen LogP contribution < -0.4 is 10.3 Å². The standard InChI is InChI=1S/C18H20N2O2/c1-12(2)11-20-16(7-5-15(10-19)18(20)21)14-6-8-17(22-4)13(3)9-14/h5-9,12H,11H2,1-4H3. The Hall–Kier alpha value is -2.54. The maximum Gasteiger partial charge on any atom is 0.268 e. The predicted octanol–water partition coefficient (Wildman–Crippen LogP) is 3.36. The van der Waals surface area contributed by atoms with Crippen molar-refractivity contribution < 1.29 is 4.74 Å². The van der Waals surface area contributed by atoms with Gasteiger partial charge in [-0.1, -0.05) is 13.8 Å². The monoisotopic (exact) mass is 296 g/mol. The van der Waals surface area contributed by atoms with E-state index in [1.165, 1.54) is 0 Å². The lowest BCUT2D eigenvalue weighted by molar-refractivity contribution is 0.411. The lowest BCUT2D eigenvalue weighted by Crippen LogP contribution is -2.26. The van der Waals surface area contributed by atoms with Gasteiger partial charge in [-0.05, 0) is 54.3 Å². The van der Waals surface area contributed by atoms with Gasteiger partial charge in [0.05, 0.1) is 12.8 Å². The Kier molecular flexibility index (Phi) is 4.67. The van der Waals surface area contributed by atoms with E-state index in [2.05, 4.69) is 13.8 Å². The van der Waals surface area contributed by atoms with Crippen molar-refractivity contribution in [3.8, 4) is 23.1 Å². The molecule has 0 aliphatic rings. The fraction of sp³-hybridized carbons (Fsp3) is 0.333. The van der Waals surface area contributed by atoms with Crippen molar-refractivity contribution in [1.29, 1.82) is 5.26 Å². The highest BCUT2D eigenvalue weighted by atomic mass is 16.5. The minimum Gasteiger partial charge on any atom is -0.496 e. The van der Waals surface area contributed by atoms with Crippen LogP contribution in [0.4, 0.5) is 0 Å². The number of hydrogen-bond donors (Lipinski definition) is 0. The van der Waals surface area contributed by atoms with Crippen molar-refractivity contribution >= 4 is 0 Å². The van der Waals surface area contributed by atoms with Gasteiger partial charge in [-0.15, -0.1) is 0 Å². The third-order valence-electron chi connectivity index (χ3n) is 3.53. The molecule has 0 saturated heterocycles. The molecule has 1 heterocycles. The zero-order chi connectivity index (χ0) is 16.3. The molecule has 1 aromatic heterocycles. The summed E-state index contributed by atoms with van der Waals surface area (Å²) >= 11 is 0. The highest BCUT2D eigenvalue weighted by Crippen LogP contribution is 2.26. The topological polar surface area (TPSA) is 55.0 Å². The zero-order valence-corrected chi connectivity index (χ0v) is 13.4. The second-order valence-corrected chi connectivity index (χ2v) is 5.74. The molecule has 0 saturated carbocycles. The van der Waals surface area contributed by atoms with Gasteiger partial charge in [0.1, 0.15) is 17.4 Å². The maximum atomic E-state index is 12.5. The van der Waals surface area contributed by atoms with Crippen LogP contribution >= 0.6 is 0 Å². The Morgan fingerprint density at radius 3 is 2.55 bits per heavy atom. The number of hydrogen-bond acceptors (Lipinski definition) is 3. The van der Waals surface area contributed by atoms with E-state index in [1.807, 2.05) is 37.3 Å². The van der Waals surface area contributed by atoms with E-state index in [-0.39, 0.29) is 11.1 Å². The first kappa shape index (κ1) is 15.8. The van der Waals surface area contributed by atoms with Crippen LogP contribution in [0.25, 0.3) is 11.3 Å².